The fraction of sp³-hybridized carbons (Fsp3) is 0.562. The molecule has 4 heteroatoms. The van der Waals surface area contributed by atoms with Crippen molar-refractivity contribution in [1.82, 2.24) is 5.32 Å². The summed E-state index contributed by atoms with van der Waals surface area (Å²) >= 11 is 0. The Kier molecular flexibility index (Phi) is 4.63. The maximum Gasteiger partial charge on any atom is 0.188 e. The molecule has 1 aromatic rings. The summed E-state index contributed by atoms with van der Waals surface area (Å²) in [5, 5.41) is 3.13. The molecule has 1 fully saturated rings. The molecule has 110 valence electrons. The highest BCUT2D eigenvalue weighted by atomic mass is 19.1. The Labute approximate surface area is 120 Å². The van der Waals surface area contributed by atoms with Crippen molar-refractivity contribution in [3.05, 3.63) is 35.6 Å². The van der Waals surface area contributed by atoms with Gasteiger partial charge in [0.25, 0.3) is 0 Å². The molecule has 1 aliphatic carbocycles. The van der Waals surface area contributed by atoms with Gasteiger partial charge in [0.1, 0.15) is 5.82 Å². The van der Waals surface area contributed by atoms with Gasteiger partial charge in [-0.1, -0.05) is 26.0 Å². The third kappa shape index (κ3) is 3.95. The summed E-state index contributed by atoms with van der Waals surface area (Å²) in [6, 6.07) is 6.84. The van der Waals surface area contributed by atoms with Crippen molar-refractivity contribution in [1.29, 1.82) is 0 Å². The number of rotatable bonds is 6. The lowest BCUT2D eigenvalue weighted by Gasteiger charge is -2.14. The number of nitrogens with one attached hydrogen (secondary N) is 1. The first-order valence-corrected chi connectivity index (χ1v) is 7.32. The van der Waals surface area contributed by atoms with E-state index >= 15 is 0 Å². The Balaban J connectivity index is 1.89. The van der Waals surface area contributed by atoms with Crippen molar-refractivity contribution >= 4 is 5.96 Å². The van der Waals surface area contributed by atoms with Gasteiger partial charge in [-0.15, -0.1) is 0 Å². The molecule has 0 unspecified atom stereocenters. The topological polar surface area (TPSA) is 50.4 Å². The zero-order valence-electron chi connectivity index (χ0n) is 12.3. The van der Waals surface area contributed by atoms with Crippen LogP contribution in [0.5, 0.6) is 0 Å². The van der Waals surface area contributed by atoms with Crippen molar-refractivity contribution in [2.45, 2.75) is 38.5 Å². The SMILES string of the molecule is CC(C)CCNC(N)=NCC1(c2cccc(F)c2)CC1. The fourth-order valence-corrected chi connectivity index (χ4v) is 2.29. The van der Waals surface area contributed by atoms with E-state index in [1.807, 2.05) is 6.07 Å². The van der Waals surface area contributed by atoms with Crippen LogP contribution in [-0.2, 0) is 5.41 Å². The molecule has 1 aliphatic rings. The van der Waals surface area contributed by atoms with E-state index in [0.717, 1.165) is 31.4 Å². The number of benzene rings is 1. The highest BCUT2D eigenvalue weighted by Gasteiger charge is 2.44. The molecule has 20 heavy (non-hydrogen) atoms. The Bertz CT molecular complexity index is 478. The minimum atomic E-state index is -0.180. The normalized spacial score (nSPS) is 17.3. The molecular formula is C16H24FN3. The Hall–Kier alpha value is -1.58. The van der Waals surface area contributed by atoms with E-state index < -0.39 is 0 Å². The van der Waals surface area contributed by atoms with Crippen LogP contribution >= 0.6 is 0 Å². The zero-order valence-corrected chi connectivity index (χ0v) is 12.3. The average Bonchev–Trinajstić information content (AvgIpc) is 3.17. The number of hydrogen-bond acceptors (Lipinski definition) is 1. The highest BCUT2D eigenvalue weighted by molar-refractivity contribution is 5.77. The fourth-order valence-electron chi connectivity index (χ4n) is 2.29. The van der Waals surface area contributed by atoms with Crippen molar-refractivity contribution in [2.75, 3.05) is 13.1 Å². The van der Waals surface area contributed by atoms with E-state index in [4.69, 9.17) is 5.73 Å². The van der Waals surface area contributed by atoms with E-state index in [2.05, 4.69) is 24.2 Å². The summed E-state index contributed by atoms with van der Waals surface area (Å²) in [6.45, 7) is 5.84. The Morgan fingerprint density at radius 1 is 1.45 bits per heavy atom. The molecule has 3 nitrogen and oxygen atoms in total. The second kappa shape index (κ2) is 6.25. The summed E-state index contributed by atoms with van der Waals surface area (Å²) in [6.07, 6.45) is 3.18. The Morgan fingerprint density at radius 3 is 2.80 bits per heavy atom. The lowest BCUT2D eigenvalue weighted by atomic mass is 9.96. The molecule has 1 aromatic carbocycles. The van der Waals surface area contributed by atoms with Crippen LogP contribution in [0.25, 0.3) is 0 Å². The van der Waals surface area contributed by atoms with Gasteiger partial charge in [-0.2, -0.15) is 0 Å². The van der Waals surface area contributed by atoms with E-state index in [0.29, 0.717) is 18.4 Å². The van der Waals surface area contributed by atoms with Gasteiger partial charge in [0.2, 0.25) is 0 Å². The van der Waals surface area contributed by atoms with Crippen molar-refractivity contribution in [3.8, 4) is 0 Å². The van der Waals surface area contributed by atoms with E-state index in [9.17, 15) is 4.39 Å². The molecule has 0 radical (unpaired) electrons. The molecule has 0 aromatic heterocycles. The van der Waals surface area contributed by atoms with Gasteiger partial charge in [0, 0.05) is 12.0 Å². The third-order valence-electron chi connectivity index (χ3n) is 3.87. The molecule has 0 spiro atoms. The van der Waals surface area contributed by atoms with Gasteiger partial charge >= 0.3 is 0 Å². The molecule has 0 saturated heterocycles. The second-order valence-corrected chi connectivity index (χ2v) is 6.10. The molecule has 0 atom stereocenters. The van der Waals surface area contributed by atoms with Crippen LogP contribution < -0.4 is 11.1 Å². The van der Waals surface area contributed by atoms with Crippen LogP contribution in [-0.4, -0.2) is 19.0 Å². The van der Waals surface area contributed by atoms with Gasteiger partial charge in [0.15, 0.2) is 5.96 Å². The molecule has 0 heterocycles. The summed E-state index contributed by atoms with van der Waals surface area (Å²) in [7, 11) is 0. The summed E-state index contributed by atoms with van der Waals surface area (Å²) in [4.78, 5) is 4.42. The standard InChI is InChI=1S/C16H24FN3/c1-12(2)6-9-19-15(18)20-11-16(7-8-16)13-4-3-5-14(17)10-13/h3-5,10,12H,6-9,11H2,1-2H3,(H3,18,19,20). The van der Waals surface area contributed by atoms with Gasteiger partial charge in [-0.3, -0.25) is 4.99 Å². The monoisotopic (exact) mass is 277 g/mol. The van der Waals surface area contributed by atoms with Crippen molar-refractivity contribution in [2.24, 2.45) is 16.6 Å². The largest absolute Gasteiger partial charge is 0.370 e. The Morgan fingerprint density at radius 2 is 2.20 bits per heavy atom. The lowest BCUT2D eigenvalue weighted by molar-refractivity contribution is 0.575. The van der Waals surface area contributed by atoms with E-state index in [1.54, 1.807) is 12.1 Å². The predicted molar refractivity (Wildman–Crippen MR) is 81.3 cm³/mol. The third-order valence-corrected chi connectivity index (χ3v) is 3.87. The molecule has 3 N–H and O–H groups in total. The van der Waals surface area contributed by atoms with E-state index in [1.165, 1.54) is 6.07 Å². The first-order valence-electron chi connectivity index (χ1n) is 7.32. The summed E-state index contributed by atoms with van der Waals surface area (Å²) in [5.74, 6) is 0.964. The van der Waals surface area contributed by atoms with Crippen LogP contribution in [0.3, 0.4) is 0 Å². The first-order chi connectivity index (χ1) is 9.52. The highest BCUT2D eigenvalue weighted by Crippen LogP contribution is 2.48. The second-order valence-electron chi connectivity index (χ2n) is 6.10. The van der Waals surface area contributed by atoms with Crippen LogP contribution in [0.2, 0.25) is 0 Å². The van der Waals surface area contributed by atoms with Crippen molar-refractivity contribution < 1.29 is 4.39 Å². The van der Waals surface area contributed by atoms with E-state index in [-0.39, 0.29) is 11.2 Å². The van der Waals surface area contributed by atoms with Gasteiger partial charge in [0.05, 0.1) is 6.54 Å². The number of nitrogens with zero attached hydrogens (tertiary/aromatic N) is 1. The number of aliphatic imine (C=N–C) groups is 1. The minimum Gasteiger partial charge on any atom is -0.370 e. The van der Waals surface area contributed by atoms with Crippen molar-refractivity contribution in [3.63, 3.8) is 0 Å². The molecular weight excluding hydrogens is 253 g/mol. The van der Waals surface area contributed by atoms with Crippen LogP contribution in [0.4, 0.5) is 4.39 Å². The smallest absolute Gasteiger partial charge is 0.188 e. The molecule has 2 rings (SSSR count). The number of nitrogens with two attached hydrogens (primary N) is 1. The number of guanidine groups is 1. The van der Waals surface area contributed by atoms with Gasteiger partial charge in [-0.05, 0) is 42.9 Å². The molecule has 0 amide bonds. The van der Waals surface area contributed by atoms with Crippen LogP contribution in [0.1, 0.15) is 38.7 Å². The lowest BCUT2D eigenvalue weighted by Crippen LogP contribution is -2.33. The van der Waals surface area contributed by atoms with Crippen LogP contribution in [0, 0.1) is 11.7 Å². The summed E-state index contributed by atoms with van der Waals surface area (Å²) in [5.41, 5.74) is 6.91. The van der Waals surface area contributed by atoms with Gasteiger partial charge in [-0.25, -0.2) is 4.39 Å². The first kappa shape index (κ1) is 14.8. The minimum absolute atomic E-state index is 0.00640. The predicted octanol–water partition coefficient (Wildman–Crippen LogP) is 2.81. The number of halogens is 1. The number of hydrogen-bond donors (Lipinski definition) is 2. The average molecular weight is 277 g/mol. The molecule has 0 aliphatic heterocycles. The quantitative estimate of drug-likeness (QED) is 0.620. The maximum absolute atomic E-state index is 13.3. The van der Waals surface area contributed by atoms with Crippen LogP contribution in [0.15, 0.2) is 29.3 Å². The zero-order chi connectivity index (χ0) is 14.6. The summed E-state index contributed by atoms with van der Waals surface area (Å²) < 4.78 is 13.3. The maximum atomic E-state index is 13.3. The molecule has 0 bridgehead atoms. The molecule has 1 saturated carbocycles. The van der Waals surface area contributed by atoms with Gasteiger partial charge < -0.3 is 11.1 Å².